The van der Waals surface area contributed by atoms with Crippen LogP contribution in [0.3, 0.4) is 0 Å². The zero-order chi connectivity index (χ0) is 15.9. The third kappa shape index (κ3) is 5.34. The van der Waals surface area contributed by atoms with Crippen LogP contribution in [-0.2, 0) is 14.6 Å². The fourth-order valence-corrected chi connectivity index (χ4v) is 1.39. The normalized spacial score (nSPS) is 10.4. The first-order valence-corrected chi connectivity index (χ1v) is 6.99. The van der Waals surface area contributed by atoms with Gasteiger partial charge in [0.1, 0.15) is 5.69 Å². The molecule has 0 aliphatic rings. The maximum absolute atomic E-state index is 9.33. The fourth-order valence-electron chi connectivity index (χ4n) is 1.39. The molecule has 0 atom stereocenters. The highest BCUT2D eigenvalue weighted by atomic mass is 32.3. The summed E-state index contributed by atoms with van der Waals surface area (Å²) in [5.41, 5.74) is 7.84. The average molecular weight is 313 g/mol. The van der Waals surface area contributed by atoms with Crippen LogP contribution >= 0.6 is 0 Å². The topological polar surface area (TPSA) is 125 Å². The summed E-state index contributed by atoms with van der Waals surface area (Å²) in [6.07, 6.45) is 1.48. The van der Waals surface area contributed by atoms with Crippen molar-refractivity contribution in [1.82, 2.24) is 10.2 Å². The van der Waals surface area contributed by atoms with Crippen molar-refractivity contribution in [2.24, 2.45) is 0 Å². The van der Waals surface area contributed by atoms with E-state index in [2.05, 4.69) is 14.4 Å². The van der Waals surface area contributed by atoms with Crippen molar-refractivity contribution in [2.45, 2.75) is 0 Å². The number of nitrogen functional groups attached to an aromatic ring is 1. The summed E-state index contributed by atoms with van der Waals surface area (Å²) < 4.78 is 34.9. The van der Waals surface area contributed by atoms with E-state index in [1.807, 2.05) is 30.3 Å². The smallest absolute Gasteiger partial charge is 0.397 e. The molecule has 0 aliphatic carbocycles. The number of methoxy groups -OCH3 is 1. The monoisotopic (exact) mass is 313 g/mol. The second-order valence-corrected chi connectivity index (χ2v) is 4.83. The van der Waals surface area contributed by atoms with Gasteiger partial charge in [-0.15, -0.1) is 5.10 Å². The molecule has 0 aliphatic heterocycles. The molecule has 2 aromatic rings. The Hall–Kier alpha value is -2.23. The average Bonchev–Trinajstić information content (AvgIpc) is 2.48. The Kier molecular flexibility index (Phi) is 6.03. The van der Waals surface area contributed by atoms with Crippen LogP contribution in [-0.4, -0.2) is 37.4 Å². The molecule has 0 unspecified atom stereocenters. The van der Waals surface area contributed by atoms with Crippen LogP contribution in [0, 0.1) is 0 Å². The summed E-state index contributed by atoms with van der Waals surface area (Å²) in [5, 5.41) is 7.84. The minimum atomic E-state index is -4.16. The number of rotatable bonds is 3. The van der Waals surface area contributed by atoms with Crippen molar-refractivity contribution in [3.8, 4) is 17.0 Å². The van der Waals surface area contributed by atoms with E-state index in [1.165, 1.54) is 6.20 Å². The number of nitrogens with zero attached hydrogens (tertiary/aromatic N) is 2. The third-order valence-electron chi connectivity index (χ3n) is 2.29. The molecule has 0 saturated heterocycles. The van der Waals surface area contributed by atoms with Gasteiger partial charge in [-0.3, -0.25) is 8.74 Å². The van der Waals surface area contributed by atoms with Crippen LogP contribution in [0.25, 0.3) is 11.3 Å². The number of aromatic nitrogens is 2. The lowest BCUT2D eigenvalue weighted by molar-refractivity contribution is 0.324. The Bertz CT molecular complexity index is 677. The lowest BCUT2D eigenvalue weighted by atomic mass is 10.1. The highest BCUT2D eigenvalue weighted by Crippen LogP contribution is 2.31. The summed E-state index contributed by atoms with van der Waals surface area (Å²) in [6, 6.07) is 9.67. The van der Waals surface area contributed by atoms with Gasteiger partial charge >= 0.3 is 10.4 Å². The van der Waals surface area contributed by atoms with Gasteiger partial charge in [0.15, 0.2) is 5.75 Å². The van der Waals surface area contributed by atoms with E-state index in [-0.39, 0.29) is 0 Å². The highest BCUT2D eigenvalue weighted by Gasteiger charge is 2.10. The van der Waals surface area contributed by atoms with Gasteiger partial charge in [-0.25, -0.2) is 0 Å². The predicted molar refractivity (Wildman–Crippen MR) is 77.0 cm³/mol. The van der Waals surface area contributed by atoms with Gasteiger partial charge in [-0.05, 0) is 0 Å². The molecule has 2 rings (SSSR count). The first kappa shape index (κ1) is 16.8. The van der Waals surface area contributed by atoms with Crippen molar-refractivity contribution in [3.63, 3.8) is 0 Å². The van der Waals surface area contributed by atoms with Crippen molar-refractivity contribution in [1.29, 1.82) is 0 Å². The SMILES string of the molecule is COS(=O)(=O)O.COc1c(N)cnnc1-c1ccccc1. The number of anilines is 1. The molecular weight excluding hydrogens is 298 g/mol. The van der Waals surface area contributed by atoms with Crippen molar-refractivity contribution in [2.75, 3.05) is 20.0 Å². The fraction of sp³-hybridized carbons (Fsp3) is 0.167. The van der Waals surface area contributed by atoms with Gasteiger partial charge < -0.3 is 10.5 Å². The Morgan fingerprint density at radius 2 is 1.76 bits per heavy atom. The summed E-state index contributed by atoms with van der Waals surface area (Å²) in [5.74, 6) is 0.566. The third-order valence-corrected chi connectivity index (χ3v) is 2.72. The summed E-state index contributed by atoms with van der Waals surface area (Å²) in [6.45, 7) is 0. The van der Waals surface area contributed by atoms with Crippen molar-refractivity contribution in [3.05, 3.63) is 36.5 Å². The number of hydrogen-bond acceptors (Lipinski definition) is 7. The largest absolute Gasteiger partial charge is 0.492 e. The van der Waals surface area contributed by atoms with E-state index < -0.39 is 10.4 Å². The Morgan fingerprint density at radius 3 is 2.24 bits per heavy atom. The second kappa shape index (κ2) is 7.53. The molecular formula is C12H15N3O5S. The second-order valence-electron chi connectivity index (χ2n) is 3.64. The molecule has 1 heterocycles. The minimum absolute atomic E-state index is 0.492. The van der Waals surface area contributed by atoms with Gasteiger partial charge in [-0.1, -0.05) is 30.3 Å². The lowest BCUT2D eigenvalue weighted by Gasteiger charge is -2.08. The number of benzene rings is 1. The first-order valence-electron chi connectivity index (χ1n) is 5.62. The molecule has 0 radical (unpaired) electrons. The zero-order valence-electron chi connectivity index (χ0n) is 11.4. The van der Waals surface area contributed by atoms with Gasteiger partial charge in [0.2, 0.25) is 0 Å². The van der Waals surface area contributed by atoms with E-state index in [0.29, 0.717) is 17.1 Å². The lowest BCUT2D eigenvalue weighted by Crippen LogP contribution is -1.98. The number of hydrogen-bond donors (Lipinski definition) is 2. The molecule has 0 fully saturated rings. The number of ether oxygens (including phenoxy) is 1. The van der Waals surface area contributed by atoms with Crippen LogP contribution < -0.4 is 10.5 Å². The van der Waals surface area contributed by atoms with Gasteiger partial charge in [0.25, 0.3) is 0 Å². The maximum Gasteiger partial charge on any atom is 0.397 e. The predicted octanol–water partition coefficient (Wildman–Crippen LogP) is 1.17. The molecule has 1 aromatic heterocycles. The zero-order valence-corrected chi connectivity index (χ0v) is 12.2. The molecule has 3 N–H and O–H groups in total. The molecule has 0 saturated carbocycles. The number of nitrogens with two attached hydrogens (primary N) is 1. The highest BCUT2D eigenvalue weighted by molar-refractivity contribution is 7.80. The summed E-state index contributed by atoms with van der Waals surface area (Å²) in [7, 11) is -1.72. The molecule has 1 aromatic carbocycles. The van der Waals surface area contributed by atoms with Crippen LogP contribution in [0.15, 0.2) is 36.5 Å². The van der Waals surface area contributed by atoms with E-state index in [1.54, 1.807) is 7.11 Å². The van der Waals surface area contributed by atoms with Gasteiger partial charge in [-0.2, -0.15) is 13.5 Å². The molecule has 0 spiro atoms. The molecule has 21 heavy (non-hydrogen) atoms. The molecule has 114 valence electrons. The van der Waals surface area contributed by atoms with E-state index in [0.717, 1.165) is 12.7 Å². The van der Waals surface area contributed by atoms with Gasteiger partial charge in [0.05, 0.1) is 26.1 Å². The van der Waals surface area contributed by atoms with E-state index in [4.69, 9.17) is 15.0 Å². The quantitative estimate of drug-likeness (QED) is 0.809. The molecule has 9 heteroatoms. The minimum Gasteiger partial charge on any atom is -0.492 e. The first-order chi connectivity index (χ1) is 9.89. The van der Waals surface area contributed by atoms with Crippen molar-refractivity contribution >= 4 is 16.1 Å². The summed E-state index contributed by atoms with van der Waals surface area (Å²) in [4.78, 5) is 0. The standard InChI is InChI=1S/C11H11N3O.CH4O4S/c1-15-11-9(12)7-13-14-10(11)8-5-3-2-4-6-8;1-5-6(2,3)4/h2-7H,1H3,(H2,12,14);1H3,(H,2,3,4). The Labute approximate surface area is 122 Å². The molecule has 0 amide bonds. The van der Waals surface area contributed by atoms with Crippen molar-refractivity contribution < 1.29 is 21.9 Å². The van der Waals surface area contributed by atoms with E-state index >= 15 is 0 Å². The molecule has 0 bridgehead atoms. The van der Waals surface area contributed by atoms with Gasteiger partial charge in [0, 0.05) is 5.56 Å². The van der Waals surface area contributed by atoms with Crippen LogP contribution in [0.1, 0.15) is 0 Å². The molecule has 8 nitrogen and oxygen atoms in total. The van der Waals surface area contributed by atoms with Crippen LogP contribution in [0.5, 0.6) is 5.75 Å². The Balaban J connectivity index is 0.000000315. The van der Waals surface area contributed by atoms with E-state index in [9.17, 15) is 8.42 Å². The van der Waals surface area contributed by atoms with Crippen LogP contribution in [0.4, 0.5) is 5.69 Å². The maximum atomic E-state index is 9.33. The summed E-state index contributed by atoms with van der Waals surface area (Å²) >= 11 is 0. The Morgan fingerprint density at radius 1 is 1.19 bits per heavy atom. The van der Waals surface area contributed by atoms with Crippen LogP contribution in [0.2, 0.25) is 0 Å².